The van der Waals surface area contributed by atoms with Gasteiger partial charge in [0, 0.05) is 5.69 Å². The molecule has 2 saturated carbocycles. The van der Waals surface area contributed by atoms with Crippen LogP contribution >= 0.6 is 0 Å². The third-order valence-corrected chi connectivity index (χ3v) is 4.47. The van der Waals surface area contributed by atoms with Crippen LogP contribution in [0.3, 0.4) is 0 Å². The molecule has 0 radical (unpaired) electrons. The van der Waals surface area contributed by atoms with Crippen molar-refractivity contribution in [2.45, 2.75) is 45.1 Å². The zero-order valence-corrected chi connectivity index (χ0v) is 11.6. The van der Waals surface area contributed by atoms with Crippen LogP contribution in [0, 0.1) is 11.8 Å². The van der Waals surface area contributed by atoms with E-state index in [0.29, 0.717) is 12.0 Å². The minimum Gasteiger partial charge on any atom is -0.370 e. The molecule has 1 aromatic carbocycles. The van der Waals surface area contributed by atoms with Crippen molar-refractivity contribution >= 4 is 11.6 Å². The molecule has 0 bridgehead atoms. The molecule has 2 fully saturated rings. The van der Waals surface area contributed by atoms with Gasteiger partial charge < -0.3 is 11.1 Å². The number of hydrogen-bond donors (Lipinski definition) is 2. The number of rotatable bonds is 4. The molecule has 0 heterocycles. The number of benzene rings is 1. The molecule has 3 rings (SSSR count). The first kappa shape index (κ1) is 12.5. The van der Waals surface area contributed by atoms with E-state index in [1.54, 1.807) is 0 Å². The van der Waals surface area contributed by atoms with Gasteiger partial charge in [-0.2, -0.15) is 0 Å². The first-order valence-corrected chi connectivity index (χ1v) is 7.45. The second-order valence-corrected chi connectivity index (χ2v) is 5.85. The van der Waals surface area contributed by atoms with Crippen LogP contribution in [0.2, 0.25) is 0 Å². The number of aryl methyl sites for hydroxylation is 1. The average molecular weight is 257 g/mol. The van der Waals surface area contributed by atoms with Gasteiger partial charge in [-0.25, -0.2) is 4.99 Å². The quantitative estimate of drug-likeness (QED) is 0.643. The van der Waals surface area contributed by atoms with Crippen LogP contribution in [0.1, 0.15) is 38.2 Å². The van der Waals surface area contributed by atoms with E-state index in [9.17, 15) is 0 Å². The Hall–Kier alpha value is -1.51. The molecular weight excluding hydrogens is 234 g/mol. The fourth-order valence-electron chi connectivity index (χ4n) is 2.95. The van der Waals surface area contributed by atoms with Crippen molar-refractivity contribution in [3.05, 3.63) is 29.8 Å². The molecular formula is C16H23N3. The van der Waals surface area contributed by atoms with Gasteiger partial charge in [-0.15, -0.1) is 0 Å². The molecule has 102 valence electrons. The number of nitrogens with zero attached hydrogens (tertiary/aromatic N) is 1. The molecule has 2 aliphatic rings. The number of hydrogen-bond acceptors (Lipinski definition) is 1. The molecule has 2 atom stereocenters. The normalized spacial score (nSPS) is 26.9. The summed E-state index contributed by atoms with van der Waals surface area (Å²) in [5, 5.41) is 3.21. The molecule has 0 amide bonds. The summed E-state index contributed by atoms with van der Waals surface area (Å²) in [5.74, 6) is 2.32. The predicted octanol–water partition coefficient (Wildman–Crippen LogP) is 3.16. The van der Waals surface area contributed by atoms with E-state index < -0.39 is 0 Å². The van der Waals surface area contributed by atoms with Crippen LogP contribution in [0.25, 0.3) is 0 Å². The lowest BCUT2D eigenvalue weighted by atomic mass is 9.81. The van der Waals surface area contributed by atoms with Crippen molar-refractivity contribution in [3.8, 4) is 0 Å². The van der Waals surface area contributed by atoms with E-state index in [0.717, 1.165) is 23.9 Å². The second kappa shape index (κ2) is 5.24. The van der Waals surface area contributed by atoms with E-state index in [-0.39, 0.29) is 0 Å². The van der Waals surface area contributed by atoms with Crippen LogP contribution in [0.5, 0.6) is 0 Å². The summed E-state index contributed by atoms with van der Waals surface area (Å²) in [6.07, 6.45) is 6.50. The van der Waals surface area contributed by atoms with E-state index in [1.807, 2.05) is 6.07 Å². The first-order valence-electron chi connectivity index (χ1n) is 7.45. The maximum atomic E-state index is 6.00. The Labute approximate surface area is 115 Å². The zero-order valence-electron chi connectivity index (χ0n) is 11.6. The van der Waals surface area contributed by atoms with Crippen LogP contribution in [-0.2, 0) is 6.42 Å². The Morgan fingerprint density at radius 1 is 1.42 bits per heavy atom. The number of guanidine groups is 1. The Balaban J connectivity index is 1.57. The third-order valence-electron chi connectivity index (χ3n) is 4.47. The van der Waals surface area contributed by atoms with Gasteiger partial charge in [0.2, 0.25) is 0 Å². The van der Waals surface area contributed by atoms with Gasteiger partial charge in [0.05, 0.1) is 6.04 Å². The van der Waals surface area contributed by atoms with Gasteiger partial charge in [0.15, 0.2) is 5.96 Å². The summed E-state index contributed by atoms with van der Waals surface area (Å²) >= 11 is 0. The molecule has 0 saturated heterocycles. The van der Waals surface area contributed by atoms with Crippen LogP contribution in [-0.4, -0.2) is 12.0 Å². The highest BCUT2D eigenvalue weighted by Crippen LogP contribution is 2.48. The topological polar surface area (TPSA) is 50.4 Å². The van der Waals surface area contributed by atoms with Crippen LogP contribution < -0.4 is 11.1 Å². The predicted molar refractivity (Wildman–Crippen MR) is 80.3 cm³/mol. The summed E-state index contributed by atoms with van der Waals surface area (Å²) in [5.41, 5.74) is 8.36. The molecule has 0 aromatic heterocycles. The number of anilines is 1. The minimum absolute atomic E-state index is 0.479. The molecule has 3 heteroatoms. The van der Waals surface area contributed by atoms with Crippen molar-refractivity contribution in [1.29, 1.82) is 0 Å². The van der Waals surface area contributed by atoms with Crippen molar-refractivity contribution in [2.24, 2.45) is 22.6 Å². The standard InChI is InChI=1S/C16H23N3/c1-2-11-5-3-8-13(9-11)18-16(17)19-15-10-14(15)12-6-4-7-12/h3,5,8-9,12,14-15H,2,4,6-7,10H2,1H3,(H3,17,18,19)/t14-,15+/m0/s1. The van der Waals surface area contributed by atoms with Crippen molar-refractivity contribution in [2.75, 3.05) is 5.32 Å². The lowest BCUT2D eigenvalue weighted by Gasteiger charge is -2.25. The number of nitrogens with one attached hydrogen (secondary N) is 1. The lowest BCUT2D eigenvalue weighted by molar-refractivity contribution is 0.274. The summed E-state index contributed by atoms with van der Waals surface area (Å²) in [7, 11) is 0. The van der Waals surface area contributed by atoms with Gasteiger partial charge in [-0.3, -0.25) is 0 Å². The van der Waals surface area contributed by atoms with Gasteiger partial charge in [-0.05, 0) is 42.4 Å². The van der Waals surface area contributed by atoms with Gasteiger partial charge in [0.1, 0.15) is 0 Å². The van der Waals surface area contributed by atoms with Crippen LogP contribution in [0.15, 0.2) is 29.3 Å². The molecule has 2 aliphatic carbocycles. The van der Waals surface area contributed by atoms with E-state index in [2.05, 4.69) is 35.4 Å². The van der Waals surface area contributed by atoms with Crippen molar-refractivity contribution < 1.29 is 0 Å². The SMILES string of the molecule is CCc1cccc(NC(N)=N[C@@H]2C[C@H]2C2CCC2)c1. The van der Waals surface area contributed by atoms with E-state index >= 15 is 0 Å². The fraction of sp³-hybridized carbons (Fsp3) is 0.562. The summed E-state index contributed by atoms with van der Waals surface area (Å²) in [4.78, 5) is 4.61. The Kier molecular flexibility index (Phi) is 3.45. The minimum atomic E-state index is 0.479. The molecule has 0 unspecified atom stereocenters. The molecule has 3 N–H and O–H groups in total. The average Bonchev–Trinajstić information content (AvgIpc) is 3.05. The van der Waals surface area contributed by atoms with Crippen molar-refractivity contribution in [3.63, 3.8) is 0 Å². The Bertz CT molecular complexity index is 477. The summed E-state index contributed by atoms with van der Waals surface area (Å²) in [6, 6.07) is 8.85. The smallest absolute Gasteiger partial charge is 0.193 e. The molecule has 19 heavy (non-hydrogen) atoms. The van der Waals surface area contributed by atoms with Gasteiger partial charge in [-0.1, -0.05) is 38.3 Å². The molecule has 0 spiro atoms. The third kappa shape index (κ3) is 2.91. The monoisotopic (exact) mass is 257 g/mol. The largest absolute Gasteiger partial charge is 0.370 e. The number of aliphatic imine (C=N–C) groups is 1. The summed E-state index contributed by atoms with van der Waals surface area (Å²) in [6.45, 7) is 2.16. The summed E-state index contributed by atoms with van der Waals surface area (Å²) < 4.78 is 0. The highest BCUT2D eigenvalue weighted by molar-refractivity contribution is 5.92. The maximum Gasteiger partial charge on any atom is 0.193 e. The highest BCUT2D eigenvalue weighted by Gasteiger charge is 2.45. The molecule has 1 aromatic rings. The van der Waals surface area contributed by atoms with Gasteiger partial charge >= 0.3 is 0 Å². The maximum absolute atomic E-state index is 6.00. The van der Waals surface area contributed by atoms with Crippen LogP contribution in [0.4, 0.5) is 5.69 Å². The van der Waals surface area contributed by atoms with Crippen molar-refractivity contribution in [1.82, 2.24) is 0 Å². The first-order chi connectivity index (χ1) is 9.26. The zero-order chi connectivity index (χ0) is 13.2. The Morgan fingerprint density at radius 3 is 2.95 bits per heavy atom. The number of nitrogens with two attached hydrogens (primary N) is 1. The van der Waals surface area contributed by atoms with Gasteiger partial charge in [0.25, 0.3) is 0 Å². The van der Waals surface area contributed by atoms with E-state index in [1.165, 1.54) is 31.2 Å². The molecule has 3 nitrogen and oxygen atoms in total. The van der Waals surface area contributed by atoms with E-state index in [4.69, 9.17) is 5.73 Å². The Morgan fingerprint density at radius 2 is 2.26 bits per heavy atom. The highest BCUT2D eigenvalue weighted by atomic mass is 15.1. The second-order valence-electron chi connectivity index (χ2n) is 5.85. The molecule has 0 aliphatic heterocycles. The fourth-order valence-corrected chi connectivity index (χ4v) is 2.95. The lowest BCUT2D eigenvalue weighted by Crippen LogP contribution is -2.24.